The third-order valence-corrected chi connectivity index (χ3v) is 5.69. The summed E-state index contributed by atoms with van der Waals surface area (Å²) in [7, 11) is 2.22. The molecule has 0 aromatic heterocycles. The average Bonchev–Trinajstić information content (AvgIpc) is 3.00. The highest BCUT2D eigenvalue weighted by molar-refractivity contribution is 9.10. The number of anilines is 1. The van der Waals surface area contributed by atoms with Crippen molar-refractivity contribution in [3.63, 3.8) is 0 Å². The minimum Gasteiger partial charge on any atom is -0.373 e. The summed E-state index contributed by atoms with van der Waals surface area (Å²) < 4.78 is 1.17. The van der Waals surface area contributed by atoms with Gasteiger partial charge in [-0.25, -0.2) is 0 Å². The zero-order valence-corrected chi connectivity index (χ0v) is 13.2. The molecular formula is C16H23BrN2. The third kappa shape index (κ3) is 2.68. The molecule has 1 aromatic carbocycles. The van der Waals surface area contributed by atoms with Gasteiger partial charge in [-0.3, -0.25) is 0 Å². The molecule has 2 aliphatic rings. The Labute approximate surface area is 124 Å². The molecule has 2 nitrogen and oxygen atoms in total. The van der Waals surface area contributed by atoms with Gasteiger partial charge < -0.3 is 10.6 Å². The van der Waals surface area contributed by atoms with Gasteiger partial charge in [-0.15, -0.1) is 0 Å². The lowest BCUT2D eigenvalue weighted by atomic mass is 9.88. The number of halogens is 1. The molecule has 0 amide bonds. The van der Waals surface area contributed by atoms with Crippen molar-refractivity contribution in [2.24, 2.45) is 23.5 Å². The first kappa shape index (κ1) is 13.4. The SMILES string of the molecule is CN(CC1CC2CCC1C2)c1ccc(CN)cc1Br. The highest BCUT2D eigenvalue weighted by Crippen LogP contribution is 2.48. The molecule has 2 aliphatic carbocycles. The predicted octanol–water partition coefficient (Wildman–Crippen LogP) is 3.78. The smallest absolute Gasteiger partial charge is 0.0508 e. The second kappa shape index (κ2) is 5.45. The fourth-order valence-corrected chi connectivity index (χ4v) is 4.77. The molecule has 2 fully saturated rings. The van der Waals surface area contributed by atoms with Crippen LogP contribution in [0.25, 0.3) is 0 Å². The van der Waals surface area contributed by atoms with Gasteiger partial charge in [0.05, 0.1) is 5.69 Å². The molecule has 3 heteroatoms. The summed E-state index contributed by atoms with van der Waals surface area (Å²) in [6.07, 6.45) is 5.90. The number of hydrogen-bond donors (Lipinski definition) is 1. The van der Waals surface area contributed by atoms with Gasteiger partial charge in [0.2, 0.25) is 0 Å². The third-order valence-electron chi connectivity index (χ3n) is 5.05. The Kier molecular flexibility index (Phi) is 3.86. The van der Waals surface area contributed by atoms with Gasteiger partial charge in [-0.1, -0.05) is 12.5 Å². The van der Waals surface area contributed by atoms with Gasteiger partial charge in [0.1, 0.15) is 0 Å². The van der Waals surface area contributed by atoms with Gasteiger partial charge in [0.15, 0.2) is 0 Å². The van der Waals surface area contributed by atoms with Crippen molar-refractivity contribution in [2.75, 3.05) is 18.5 Å². The maximum atomic E-state index is 5.68. The van der Waals surface area contributed by atoms with E-state index in [0.29, 0.717) is 6.54 Å². The highest BCUT2D eigenvalue weighted by atomic mass is 79.9. The molecule has 0 aliphatic heterocycles. The first-order valence-corrected chi connectivity index (χ1v) is 8.16. The Hall–Kier alpha value is -0.540. The van der Waals surface area contributed by atoms with Crippen molar-refractivity contribution in [3.8, 4) is 0 Å². The van der Waals surface area contributed by atoms with Gasteiger partial charge in [0, 0.05) is 24.6 Å². The Morgan fingerprint density at radius 2 is 2.16 bits per heavy atom. The molecule has 2 N–H and O–H groups in total. The normalized spacial score (nSPS) is 28.9. The number of nitrogens with zero attached hydrogens (tertiary/aromatic N) is 1. The second-order valence-electron chi connectivity index (χ2n) is 6.31. The molecule has 0 heterocycles. The quantitative estimate of drug-likeness (QED) is 0.914. The van der Waals surface area contributed by atoms with Crippen LogP contribution in [0.3, 0.4) is 0 Å². The van der Waals surface area contributed by atoms with Crippen molar-refractivity contribution in [1.82, 2.24) is 0 Å². The van der Waals surface area contributed by atoms with Gasteiger partial charge in [0.25, 0.3) is 0 Å². The standard InChI is InChI=1S/C16H23BrN2/c1-19(10-14-7-11-2-4-13(14)6-11)16-5-3-12(9-18)8-15(16)17/h3,5,8,11,13-14H,2,4,6-7,9-10,18H2,1H3. The first-order valence-electron chi connectivity index (χ1n) is 7.37. The van der Waals surface area contributed by atoms with Crippen LogP contribution in [0.1, 0.15) is 31.2 Å². The summed E-state index contributed by atoms with van der Waals surface area (Å²) in [5.41, 5.74) is 8.16. The maximum Gasteiger partial charge on any atom is 0.0508 e. The van der Waals surface area contributed by atoms with Crippen LogP contribution in [0, 0.1) is 17.8 Å². The van der Waals surface area contributed by atoms with E-state index in [1.807, 2.05) is 0 Å². The fraction of sp³-hybridized carbons (Fsp3) is 0.625. The lowest BCUT2D eigenvalue weighted by molar-refractivity contribution is 0.337. The Morgan fingerprint density at radius 3 is 2.74 bits per heavy atom. The topological polar surface area (TPSA) is 29.3 Å². The van der Waals surface area contributed by atoms with E-state index in [0.717, 1.165) is 17.8 Å². The van der Waals surface area contributed by atoms with Crippen LogP contribution in [-0.4, -0.2) is 13.6 Å². The second-order valence-corrected chi connectivity index (χ2v) is 7.16. The van der Waals surface area contributed by atoms with Crippen LogP contribution in [0.5, 0.6) is 0 Å². The molecule has 0 radical (unpaired) electrons. The van der Waals surface area contributed by atoms with Crippen LogP contribution in [0.2, 0.25) is 0 Å². The van der Waals surface area contributed by atoms with E-state index < -0.39 is 0 Å². The molecule has 3 atom stereocenters. The summed E-state index contributed by atoms with van der Waals surface area (Å²) in [5, 5.41) is 0. The zero-order valence-electron chi connectivity index (χ0n) is 11.6. The summed E-state index contributed by atoms with van der Waals surface area (Å²) in [4.78, 5) is 2.41. The summed E-state index contributed by atoms with van der Waals surface area (Å²) in [5.74, 6) is 2.94. The van der Waals surface area contributed by atoms with Crippen molar-refractivity contribution < 1.29 is 0 Å². The molecule has 104 valence electrons. The molecular weight excluding hydrogens is 300 g/mol. The van der Waals surface area contributed by atoms with Gasteiger partial charge in [-0.2, -0.15) is 0 Å². The fourth-order valence-electron chi connectivity index (χ4n) is 4.04. The monoisotopic (exact) mass is 322 g/mol. The highest BCUT2D eigenvalue weighted by Gasteiger charge is 2.39. The maximum absolute atomic E-state index is 5.68. The van der Waals surface area contributed by atoms with Crippen LogP contribution in [-0.2, 0) is 6.54 Å². The van der Waals surface area contributed by atoms with Crippen molar-refractivity contribution in [3.05, 3.63) is 28.2 Å². The van der Waals surface area contributed by atoms with E-state index in [2.05, 4.69) is 46.1 Å². The number of benzene rings is 1. The number of hydrogen-bond acceptors (Lipinski definition) is 2. The largest absolute Gasteiger partial charge is 0.373 e. The molecule has 2 bridgehead atoms. The van der Waals surface area contributed by atoms with E-state index in [9.17, 15) is 0 Å². The molecule has 19 heavy (non-hydrogen) atoms. The first-order chi connectivity index (χ1) is 9.17. The number of fused-ring (bicyclic) bond motifs is 2. The average molecular weight is 323 g/mol. The van der Waals surface area contributed by atoms with Crippen molar-refractivity contribution in [1.29, 1.82) is 0 Å². The van der Waals surface area contributed by atoms with Gasteiger partial charge >= 0.3 is 0 Å². The molecule has 2 saturated carbocycles. The van der Waals surface area contributed by atoms with Crippen LogP contribution >= 0.6 is 15.9 Å². The van der Waals surface area contributed by atoms with Crippen LogP contribution < -0.4 is 10.6 Å². The van der Waals surface area contributed by atoms with Gasteiger partial charge in [-0.05, 0) is 70.6 Å². The Morgan fingerprint density at radius 1 is 1.32 bits per heavy atom. The van der Waals surface area contributed by atoms with E-state index in [4.69, 9.17) is 5.73 Å². The van der Waals surface area contributed by atoms with E-state index in [1.54, 1.807) is 0 Å². The number of rotatable bonds is 4. The lowest BCUT2D eigenvalue weighted by Gasteiger charge is -2.29. The Bertz CT molecular complexity index is 460. The minimum absolute atomic E-state index is 0.606. The molecule has 3 rings (SSSR count). The van der Waals surface area contributed by atoms with E-state index in [-0.39, 0.29) is 0 Å². The minimum atomic E-state index is 0.606. The van der Waals surface area contributed by atoms with Crippen LogP contribution in [0.15, 0.2) is 22.7 Å². The zero-order chi connectivity index (χ0) is 13.4. The van der Waals surface area contributed by atoms with E-state index in [1.165, 1.54) is 48.0 Å². The van der Waals surface area contributed by atoms with Crippen molar-refractivity contribution in [2.45, 2.75) is 32.2 Å². The summed E-state index contributed by atoms with van der Waals surface area (Å²) in [6.45, 7) is 1.80. The molecule has 1 aromatic rings. The predicted molar refractivity (Wildman–Crippen MR) is 84.2 cm³/mol. The van der Waals surface area contributed by atoms with Crippen LogP contribution in [0.4, 0.5) is 5.69 Å². The van der Waals surface area contributed by atoms with E-state index >= 15 is 0 Å². The number of nitrogens with two attached hydrogens (primary N) is 1. The molecule has 0 spiro atoms. The summed E-state index contributed by atoms with van der Waals surface area (Å²) >= 11 is 3.68. The summed E-state index contributed by atoms with van der Waals surface area (Å²) in [6, 6.07) is 6.48. The van der Waals surface area contributed by atoms with Crippen molar-refractivity contribution >= 4 is 21.6 Å². The Balaban J connectivity index is 1.68. The lowest BCUT2D eigenvalue weighted by Crippen LogP contribution is -2.28. The molecule has 3 unspecified atom stereocenters. The molecule has 0 saturated heterocycles.